The van der Waals surface area contributed by atoms with Crippen LogP contribution in [0.2, 0.25) is 5.02 Å². The van der Waals surface area contributed by atoms with Crippen LogP contribution in [0.1, 0.15) is 31.2 Å². The van der Waals surface area contributed by atoms with Gasteiger partial charge >= 0.3 is 0 Å². The Labute approximate surface area is 131 Å². The number of halogens is 1. The fraction of sp³-hybridized carbons (Fsp3) is 0.625. The highest BCUT2D eigenvalue weighted by Crippen LogP contribution is 2.37. The van der Waals surface area contributed by atoms with Crippen molar-refractivity contribution >= 4 is 11.6 Å². The van der Waals surface area contributed by atoms with Crippen molar-refractivity contribution in [3.05, 3.63) is 34.9 Å². The summed E-state index contributed by atoms with van der Waals surface area (Å²) in [6, 6.07) is 7.80. The molecule has 0 unspecified atom stereocenters. The van der Waals surface area contributed by atoms with Crippen molar-refractivity contribution in [1.29, 1.82) is 0 Å². The van der Waals surface area contributed by atoms with E-state index in [1.807, 2.05) is 24.3 Å². The summed E-state index contributed by atoms with van der Waals surface area (Å²) in [6.45, 7) is 0.861. The highest BCUT2D eigenvalue weighted by molar-refractivity contribution is 6.30. The molecular weight excluding hydrogens is 290 g/mol. The smallest absolute Gasteiger partial charge is 0.0898 e. The van der Waals surface area contributed by atoms with E-state index < -0.39 is 11.7 Å². The van der Waals surface area contributed by atoms with E-state index in [-0.39, 0.29) is 0 Å². The maximum Gasteiger partial charge on any atom is 0.0898 e. The molecule has 1 aliphatic carbocycles. The Balaban J connectivity index is 1.85. The molecule has 0 spiro atoms. The van der Waals surface area contributed by atoms with E-state index in [2.05, 4.69) is 5.32 Å². The minimum atomic E-state index is -0.784. The summed E-state index contributed by atoms with van der Waals surface area (Å²) in [5.41, 5.74) is 0.113. The van der Waals surface area contributed by atoms with Crippen molar-refractivity contribution < 1.29 is 14.9 Å². The molecule has 4 nitrogen and oxygen atoms in total. The number of methoxy groups -OCH3 is 1. The first-order chi connectivity index (χ1) is 10.0. The molecule has 1 aromatic carbocycles. The SMILES string of the molecule is COC[C@H](O)CNC1CCC(O)(c2cccc(Cl)c2)CC1. The van der Waals surface area contributed by atoms with Gasteiger partial charge in [0.15, 0.2) is 0 Å². The molecule has 0 amide bonds. The van der Waals surface area contributed by atoms with Crippen LogP contribution in [-0.2, 0) is 10.3 Å². The van der Waals surface area contributed by atoms with Gasteiger partial charge in [0.1, 0.15) is 0 Å². The molecule has 1 fully saturated rings. The number of hydrogen-bond donors (Lipinski definition) is 3. The zero-order valence-corrected chi connectivity index (χ0v) is 13.1. The zero-order chi connectivity index (χ0) is 15.3. The number of rotatable bonds is 6. The van der Waals surface area contributed by atoms with Crippen molar-refractivity contribution in [2.75, 3.05) is 20.3 Å². The number of benzene rings is 1. The quantitative estimate of drug-likeness (QED) is 0.752. The van der Waals surface area contributed by atoms with Crippen LogP contribution in [0.15, 0.2) is 24.3 Å². The minimum Gasteiger partial charge on any atom is -0.389 e. The van der Waals surface area contributed by atoms with Gasteiger partial charge in [-0.1, -0.05) is 23.7 Å². The summed E-state index contributed by atoms with van der Waals surface area (Å²) in [5.74, 6) is 0. The molecule has 0 saturated heterocycles. The monoisotopic (exact) mass is 313 g/mol. The van der Waals surface area contributed by atoms with Crippen molar-refractivity contribution in [2.24, 2.45) is 0 Å². The number of aliphatic hydroxyl groups is 2. The molecular formula is C16H24ClNO3. The van der Waals surface area contributed by atoms with Crippen molar-refractivity contribution in [1.82, 2.24) is 5.32 Å². The summed E-state index contributed by atoms with van der Waals surface area (Å²) in [7, 11) is 1.58. The van der Waals surface area contributed by atoms with Crippen LogP contribution < -0.4 is 5.32 Å². The first kappa shape index (κ1) is 16.7. The van der Waals surface area contributed by atoms with Crippen LogP contribution in [0.3, 0.4) is 0 Å². The first-order valence-electron chi connectivity index (χ1n) is 7.42. The molecule has 1 saturated carbocycles. The van der Waals surface area contributed by atoms with Gasteiger partial charge < -0.3 is 20.3 Å². The Kier molecular flexibility index (Phi) is 6.02. The second-order valence-corrected chi connectivity index (χ2v) is 6.27. The van der Waals surface area contributed by atoms with Crippen molar-refractivity contribution in [2.45, 2.75) is 43.4 Å². The minimum absolute atomic E-state index is 0.330. The van der Waals surface area contributed by atoms with Gasteiger partial charge in [0.25, 0.3) is 0 Å². The lowest BCUT2D eigenvalue weighted by atomic mass is 9.78. The van der Waals surface area contributed by atoms with Crippen LogP contribution in [-0.4, -0.2) is 42.6 Å². The van der Waals surface area contributed by atoms with Crippen LogP contribution in [0.5, 0.6) is 0 Å². The maximum absolute atomic E-state index is 10.8. The largest absolute Gasteiger partial charge is 0.389 e. The molecule has 5 heteroatoms. The Hall–Kier alpha value is -0.650. The van der Waals surface area contributed by atoms with Gasteiger partial charge in [-0.25, -0.2) is 0 Å². The maximum atomic E-state index is 10.8. The number of hydrogen-bond acceptors (Lipinski definition) is 4. The van der Waals surface area contributed by atoms with E-state index >= 15 is 0 Å². The summed E-state index contributed by atoms with van der Waals surface area (Å²) in [5, 5.41) is 24.4. The fourth-order valence-corrected chi connectivity index (χ4v) is 3.11. The lowest BCUT2D eigenvalue weighted by Crippen LogP contribution is -2.43. The first-order valence-corrected chi connectivity index (χ1v) is 7.80. The van der Waals surface area contributed by atoms with E-state index in [4.69, 9.17) is 16.3 Å². The van der Waals surface area contributed by atoms with Gasteiger partial charge in [0, 0.05) is 24.7 Å². The van der Waals surface area contributed by atoms with E-state index in [0.717, 1.165) is 18.4 Å². The highest BCUT2D eigenvalue weighted by atomic mass is 35.5. The topological polar surface area (TPSA) is 61.7 Å². The molecule has 2 rings (SSSR count). The van der Waals surface area contributed by atoms with Gasteiger partial charge in [-0.05, 0) is 43.4 Å². The molecule has 1 aromatic rings. The highest BCUT2D eigenvalue weighted by Gasteiger charge is 2.34. The van der Waals surface area contributed by atoms with Gasteiger partial charge in [-0.3, -0.25) is 0 Å². The van der Waals surface area contributed by atoms with E-state index in [0.29, 0.717) is 37.1 Å². The second kappa shape index (κ2) is 7.56. The molecule has 3 N–H and O–H groups in total. The van der Waals surface area contributed by atoms with Crippen molar-refractivity contribution in [3.8, 4) is 0 Å². The second-order valence-electron chi connectivity index (χ2n) is 5.83. The predicted octanol–water partition coefficient (Wildman–Crippen LogP) is 2.07. The van der Waals surface area contributed by atoms with E-state index in [9.17, 15) is 10.2 Å². The Morgan fingerprint density at radius 3 is 2.76 bits per heavy atom. The lowest BCUT2D eigenvalue weighted by molar-refractivity contribution is -0.0104. The summed E-state index contributed by atoms with van der Waals surface area (Å²) in [6.07, 6.45) is 2.67. The Morgan fingerprint density at radius 2 is 2.14 bits per heavy atom. The van der Waals surface area contributed by atoms with Gasteiger partial charge in [0.05, 0.1) is 18.3 Å². The standard InChI is InChI=1S/C16H24ClNO3/c1-21-11-15(19)10-18-14-5-7-16(20,8-6-14)12-3-2-4-13(17)9-12/h2-4,9,14-15,18-20H,5-8,10-11H2,1H3/t14?,15-,16?/m1/s1. The molecule has 118 valence electrons. The molecule has 21 heavy (non-hydrogen) atoms. The van der Waals surface area contributed by atoms with Crippen LogP contribution in [0, 0.1) is 0 Å². The molecule has 1 atom stereocenters. The van der Waals surface area contributed by atoms with Crippen LogP contribution in [0.25, 0.3) is 0 Å². The average Bonchev–Trinajstić information content (AvgIpc) is 2.47. The van der Waals surface area contributed by atoms with E-state index in [1.165, 1.54) is 0 Å². The summed E-state index contributed by atoms with van der Waals surface area (Å²) in [4.78, 5) is 0. The Bertz CT molecular complexity index is 447. The molecule has 0 aromatic heterocycles. The Morgan fingerprint density at radius 1 is 1.43 bits per heavy atom. The third-order valence-corrected chi connectivity index (χ3v) is 4.41. The fourth-order valence-electron chi connectivity index (χ4n) is 2.92. The molecule has 0 aliphatic heterocycles. The molecule has 0 bridgehead atoms. The average molecular weight is 314 g/mol. The number of ether oxygens (including phenoxy) is 1. The van der Waals surface area contributed by atoms with Crippen LogP contribution >= 0.6 is 11.6 Å². The van der Waals surface area contributed by atoms with Gasteiger partial charge in [-0.15, -0.1) is 0 Å². The molecule has 0 heterocycles. The van der Waals surface area contributed by atoms with Gasteiger partial charge in [-0.2, -0.15) is 0 Å². The third-order valence-electron chi connectivity index (χ3n) is 4.18. The lowest BCUT2D eigenvalue weighted by Gasteiger charge is -2.37. The third kappa shape index (κ3) is 4.66. The van der Waals surface area contributed by atoms with Crippen molar-refractivity contribution in [3.63, 3.8) is 0 Å². The molecule has 1 aliphatic rings. The summed E-state index contributed by atoms with van der Waals surface area (Å²) < 4.78 is 4.90. The summed E-state index contributed by atoms with van der Waals surface area (Å²) >= 11 is 6.01. The molecule has 0 radical (unpaired) electrons. The van der Waals surface area contributed by atoms with E-state index in [1.54, 1.807) is 7.11 Å². The number of aliphatic hydroxyl groups excluding tert-OH is 1. The zero-order valence-electron chi connectivity index (χ0n) is 12.4. The predicted molar refractivity (Wildman–Crippen MR) is 83.5 cm³/mol. The van der Waals surface area contributed by atoms with Gasteiger partial charge in [0.2, 0.25) is 0 Å². The number of nitrogens with one attached hydrogen (secondary N) is 1. The van der Waals surface area contributed by atoms with Crippen LogP contribution in [0.4, 0.5) is 0 Å². The normalized spacial score (nSPS) is 27.5.